The third kappa shape index (κ3) is 14.8. The maximum absolute atomic E-state index is 5.77. The van der Waals surface area contributed by atoms with Crippen LogP contribution in [0.25, 0.3) is 0 Å². The highest BCUT2D eigenvalue weighted by molar-refractivity contribution is 7.33. The van der Waals surface area contributed by atoms with E-state index in [9.17, 15) is 0 Å². The van der Waals surface area contributed by atoms with Gasteiger partial charge in [0, 0.05) is 6.61 Å². The van der Waals surface area contributed by atoms with Gasteiger partial charge in [0.05, 0.1) is 5.60 Å². The number of hydrogen-bond acceptors (Lipinski definition) is 1. The van der Waals surface area contributed by atoms with Crippen LogP contribution in [0.15, 0.2) is 0 Å². The summed E-state index contributed by atoms with van der Waals surface area (Å²) in [5.74, 6) is 0. The lowest BCUT2D eigenvalue weighted by atomic mass is 10.1. The van der Waals surface area contributed by atoms with Crippen LogP contribution >= 0.6 is 22.2 Å². The van der Waals surface area contributed by atoms with Crippen LogP contribution in [0.3, 0.4) is 0 Å². The predicted molar refractivity (Wildman–Crippen MR) is 72.5 cm³/mol. The Morgan fingerprint density at radius 3 is 2.00 bits per heavy atom. The van der Waals surface area contributed by atoms with E-state index >= 15 is 0 Å². The molecule has 0 N–H and O–H groups in total. The van der Waals surface area contributed by atoms with Crippen molar-refractivity contribution < 1.29 is 4.74 Å². The summed E-state index contributed by atoms with van der Waals surface area (Å²) in [7, 11) is -1.34. The summed E-state index contributed by atoms with van der Waals surface area (Å²) in [4.78, 5) is 0. The van der Waals surface area contributed by atoms with E-state index in [0.717, 1.165) is 12.7 Å². The zero-order chi connectivity index (χ0) is 11.7. The number of halogens is 2. The molecule has 0 spiro atoms. The summed E-state index contributed by atoms with van der Waals surface area (Å²) in [6.07, 6.45) is 6.16. The summed E-state index contributed by atoms with van der Waals surface area (Å²) in [6, 6.07) is 1.06. The Kier molecular flexibility index (Phi) is 9.30. The van der Waals surface area contributed by atoms with Crippen molar-refractivity contribution in [1.82, 2.24) is 0 Å². The first-order valence-corrected chi connectivity index (χ1v) is 10.1. The van der Waals surface area contributed by atoms with E-state index in [1.165, 1.54) is 32.1 Å². The zero-order valence-corrected chi connectivity index (χ0v) is 12.9. The van der Waals surface area contributed by atoms with Crippen LogP contribution in [0.4, 0.5) is 0 Å². The number of rotatable bonds is 8. The smallest absolute Gasteiger partial charge is 0.237 e. The standard InChI is InChI=1S/C11H24Cl2OSi/c1-11(2,3)14-9-7-5-4-6-8-10-15(12)13/h15H,4-10H2,1-3H3. The van der Waals surface area contributed by atoms with Gasteiger partial charge in [0.25, 0.3) is 0 Å². The average Bonchev–Trinajstić information content (AvgIpc) is 2.07. The van der Waals surface area contributed by atoms with Gasteiger partial charge in [-0.15, -0.1) is 0 Å². The van der Waals surface area contributed by atoms with Crippen molar-refractivity contribution in [3.63, 3.8) is 0 Å². The molecule has 0 radical (unpaired) electrons. The van der Waals surface area contributed by atoms with Crippen LogP contribution in [0.1, 0.15) is 52.9 Å². The monoisotopic (exact) mass is 270 g/mol. The lowest BCUT2D eigenvalue weighted by molar-refractivity contribution is -0.00474. The molecule has 0 aromatic heterocycles. The second-order valence-electron chi connectivity index (χ2n) is 4.91. The molecule has 4 heteroatoms. The van der Waals surface area contributed by atoms with E-state index in [1.54, 1.807) is 0 Å². The van der Waals surface area contributed by atoms with Gasteiger partial charge in [-0.05, 0) is 33.2 Å². The first-order chi connectivity index (χ1) is 6.92. The van der Waals surface area contributed by atoms with Crippen molar-refractivity contribution in [3.05, 3.63) is 0 Å². The molecule has 0 bridgehead atoms. The third-order valence-electron chi connectivity index (χ3n) is 2.10. The second-order valence-corrected chi connectivity index (χ2v) is 10.1. The lowest BCUT2D eigenvalue weighted by Gasteiger charge is -2.19. The molecule has 0 fully saturated rings. The minimum absolute atomic E-state index is 0.00999. The molecule has 0 aromatic carbocycles. The van der Waals surface area contributed by atoms with Gasteiger partial charge < -0.3 is 4.74 Å². The molecular weight excluding hydrogens is 247 g/mol. The number of unbranched alkanes of at least 4 members (excludes halogenated alkanes) is 4. The fourth-order valence-electron chi connectivity index (χ4n) is 1.31. The maximum atomic E-state index is 5.77. The Hall–Kier alpha value is 0.757. The van der Waals surface area contributed by atoms with E-state index in [1.807, 2.05) is 0 Å². The molecule has 0 aromatic rings. The van der Waals surface area contributed by atoms with Crippen molar-refractivity contribution in [3.8, 4) is 0 Å². The average molecular weight is 271 g/mol. The minimum atomic E-state index is -1.34. The van der Waals surface area contributed by atoms with Crippen molar-refractivity contribution in [1.29, 1.82) is 0 Å². The Morgan fingerprint density at radius 1 is 0.933 bits per heavy atom. The van der Waals surface area contributed by atoms with Crippen molar-refractivity contribution in [2.24, 2.45) is 0 Å². The molecule has 1 nitrogen and oxygen atoms in total. The Balaban J connectivity index is 3.06. The molecule has 0 amide bonds. The molecule has 92 valence electrons. The van der Waals surface area contributed by atoms with E-state index < -0.39 is 7.42 Å². The second kappa shape index (κ2) is 8.86. The van der Waals surface area contributed by atoms with Crippen LogP contribution in [0.2, 0.25) is 6.04 Å². The van der Waals surface area contributed by atoms with Gasteiger partial charge in [-0.3, -0.25) is 0 Å². The maximum Gasteiger partial charge on any atom is 0.237 e. The van der Waals surface area contributed by atoms with Gasteiger partial charge in [-0.2, -0.15) is 22.2 Å². The van der Waals surface area contributed by atoms with Crippen molar-refractivity contribution >= 4 is 29.6 Å². The van der Waals surface area contributed by atoms with Gasteiger partial charge >= 0.3 is 0 Å². The molecule has 0 aliphatic carbocycles. The van der Waals surface area contributed by atoms with Crippen molar-refractivity contribution in [2.45, 2.75) is 64.5 Å². The fourth-order valence-corrected chi connectivity index (χ4v) is 2.83. The molecule has 0 unspecified atom stereocenters. The van der Waals surface area contributed by atoms with Crippen molar-refractivity contribution in [2.75, 3.05) is 6.61 Å². The molecule has 15 heavy (non-hydrogen) atoms. The SMILES string of the molecule is CC(C)(C)OCCCCCCC[SiH](Cl)Cl. The fraction of sp³-hybridized carbons (Fsp3) is 1.00. The normalized spacial score (nSPS) is 12.4. The summed E-state index contributed by atoms with van der Waals surface area (Å²) in [6.45, 7) is 7.17. The summed E-state index contributed by atoms with van der Waals surface area (Å²) in [5.41, 5.74) is 0.00999. The molecule has 0 saturated carbocycles. The third-order valence-corrected chi connectivity index (χ3v) is 4.26. The minimum Gasteiger partial charge on any atom is -0.376 e. The van der Waals surface area contributed by atoms with Crippen LogP contribution < -0.4 is 0 Å². The zero-order valence-electron chi connectivity index (χ0n) is 10.2. The Labute approximate surface area is 105 Å². The molecule has 0 aliphatic rings. The lowest BCUT2D eigenvalue weighted by Crippen LogP contribution is -2.19. The van der Waals surface area contributed by atoms with E-state index in [4.69, 9.17) is 26.9 Å². The highest BCUT2D eigenvalue weighted by Gasteiger charge is 2.08. The molecular formula is C11H24Cl2OSi. The van der Waals surface area contributed by atoms with Gasteiger partial charge in [-0.25, -0.2) is 0 Å². The number of ether oxygens (including phenoxy) is 1. The molecule has 0 saturated heterocycles. The molecule has 0 atom stereocenters. The number of hydrogen-bond donors (Lipinski definition) is 0. The highest BCUT2D eigenvalue weighted by Crippen LogP contribution is 2.13. The predicted octanol–water partition coefficient (Wildman–Crippen LogP) is 4.45. The van der Waals surface area contributed by atoms with Gasteiger partial charge in [0.1, 0.15) is 0 Å². The summed E-state index contributed by atoms with van der Waals surface area (Å²) in [5, 5.41) is 0. The highest BCUT2D eigenvalue weighted by atomic mass is 35.7. The van der Waals surface area contributed by atoms with Crippen LogP contribution in [0.5, 0.6) is 0 Å². The molecule has 0 aliphatic heterocycles. The Morgan fingerprint density at radius 2 is 1.47 bits per heavy atom. The van der Waals surface area contributed by atoms with Gasteiger partial charge in [-0.1, -0.05) is 25.7 Å². The van der Waals surface area contributed by atoms with Crippen LogP contribution in [-0.4, -0.2) is 19.6 Å². The topological polar surface area (TPSA) is 9.23 Å². The first-order valence-electron chi connectivity index (χ1n) is 5.84. The molecule has 0 rings (SSSR count). The van der Waals surface area contributed by atoms with E-state index in [-0.39, 0.29) is 5.60 Å². The van der Waals surface area contributed by atoms with Gasteiger partial charge in [0.2, 0.25) is 7.42 Å². The largest absolute Gasteiger partial charge is 0.376 e. The quantitative estimate of drug-likeness (QED) is 0.360. The van der Waals surface area contributed by atoms with E-state index in [2.05, 4.69) is 20.8 Å². The van der Waals surface area contributed by atoms with Crippen LogP contribution in [-0.2, 0) is 4.74 Å². The first kappa shape index (κ1) is 15.8. The van der Waals surface area contributed by atoms with Gasteiger partial charge in [0.15, 0.2) is 0 Å². The summed E-state index contributed by atoms with van der Waals surface area (Å²) < 4.78 is 5.64. The molecule has 0 heterocycles. The van der Waals surface area contributed by atoms with E-state index in [0.29, 0.717) is 0 Å². The van der Waals surface area contributed by atoms with Crippen LogP contribution in [0, 0.1) is 0 Å². The Bertz CT molecular complexity index is 146. The summed E-state index contributed by atoms with van der Waals surface area (Å²) >= 11 is 11.5.